The van der Waals surface area contributed by atoms with Gasteiger partial charge in [0.05, 0.1) is 18.6 Å². The van der Waals surface area contributed by atoms with Crippen molar-refractivity contribution in [1.82, 2.24) is 0 Å². The fourth-order valence-electron chi connectivity index (χ4n) is 0.573. The monoisotopic (exact) mass is 179 g/mol. The molecule has 0 fully saturated rings. The van der Waals surface area contributed by atoms with Gasteiger partial charge in [-0.05, 0) is 6.42 Å². The molecule has 0 spiro atoms. The summed E-state index contributed by atoms with van der Waals surface area (Å²) in [6.45, 7) is 3.53. The van der Waals surface area contributed by atoms with Crippen molar-refractivity contribution in [3.63, 3.8) is 0 Å². The minimum Gasteiger partial charge on any atom is -0.502 e. The fourth-order valence-corrected chi connectivity index (χ4v) is 1.12. The lowest BCUT2D eigenvalue weighted by Gasteiger charge is -2.01. The van der Waals surface area contributed by atoms with Crippen LogP contribution in [0.4, 0.5) is 0 Å². The predicted octanol–water partition coefficient (Wildman–Crippen LogP) is 0.215. The van der Waals surface area contributed by atoms with Crippen LogP contribution in [0.1, 0.15) is 12.8 Å². The van der Waals surface area contributed by atoms with E-state index in [-0.39, 0.29) is 5.75 Å². The molecule has 0 rings (SSSR count). The van der Waals surface area contributed by atoms with Gasteiger partial charge in [0, 0.05) is 6.42 Å². The summed E-state index contributed by atoms with van der Waals surface area (Å²) < 4.78 is 25.6. The average molecular weight is 179 g/mol. The number of nitrogens with two attached hydrogens (primary N) is 1. The first kappa shape index (κ1) is 10.4. The molecule has 5 heteroatoms. The highest BCUT2D eigenvalue weighted by atomic mass is 32.2. The number of ether oxygens (including phenoxy) is 1. The Morgan fingerprint density at radius 1 is 1.64 bits per heavy atom. The van der Waals surface area contributed by atoms with Gasteiger partial charge in [-0.25, -0.2) is 13.6 Å². The van der Waals surface area contributed by atoms with Crippen molar-refractivity contribution in [3.8, 4) is 0 Å². The Bertz CT molecular complexity index is 220. The molecule has 0 amide bonds. The molecule has 0 atom stereocenters. The van der Waals surface area contributed by atoms with Crippen LogP contribution in [0.3, 0.4) is 0 Å². The molecule has 66 valence electrons. The van der Waals surface area contributed by atoms with Gasteiger partial charge in [-0.2, -0.15) is 0 Å². The Balaban J connectivity index is 3.51. The first-order valence-corrected chi connectivity index (χ1v) is 4.89. The van der Waals surface area contributed by atoms with Gasteiger partial charge in [0.2, 0.25) is 10.0 Å². The van der Waals surface area contributed by atoms with Crippen LogP contribution in [0, 0.1) is 0 Å². The van der Waals surface area contributed by atoms with Crippen molar-refractivity contribution >= 4 is 10.0 Å². The quantitative estimate of drug-likeness (QED) is 0.613. The summed E-state index contributed by atoms with van der Waals surface area (Å²) in [5.41, 5.74) is 0. The van der Waals surface area contributed by atoms with E-state index in [4.69, 9.17) is 9.88 Å². The van der Waals surface area contributed by atoms with Crippen LogP contribution in [-0.2, 0) is 14.8 Å². The molecule has 0 aromatic carbocycles. The molecule has 0 bridgehead atoms. The lowest BCUT2D eigenvalue weighted by atomic mass is 10.3. The van der Waals surface area contributed by atoms with Crippen LogP contribution in [-0.4, -0.2) is 21.3 Å². The van der Waals surface area contributed by atoms with Crippen molar-refractivity contribution in [2.45, 2.75) is 12.8 Å². The van der Waals surface area contributed by atoms with E-state index >= 15 is 0 Å². The summed E-state index contributed by atoms with van der Waals surface area (Å²) in [5.74, 6) is 0.559. The van der Waals surface area contributed by atoms with Gasteiger partial charge in [-0.15, -0.1) is 0 Å². The predicted molar refractivity (Wildman–Crippen MR) is 43.4 cm³/mol. The normalized spacial score (nSPS) is 11.1. The second-order valence-electron chi connectivity index (χ2n) is 2.21. The third kappa shape index (κ3) is 7.35. The molecule has 0 aromatic heterocycles. The van der Waals surface area contributed by atoms with E-state index in [1.807, 2.05) is 0 Å². The Kier molecular flexibility index (Phi) is 4.14. The summed E-state index contributed by atoms with van der Waals surface area (Å²) in [4.78, 5) is 0. The number of hydrogen-bond donors (Lipinski definition) is 1. The third-order valence-corrected chi connectivity index (χ3v) is 2.03. The first-order valence-electron chi connectivity index (χ1n) is 3.18. The Morgan fingerprint density at radius 2 is 2.18 bits per heavy atom. The molecule has 0 saturated carbocycles. The maximum atomic E-state index is 10.4. The molecule has 0 aliphatic carbocycles. The van der Waals surface area contributed by atoms with Gasteiger partial charge in [0.25, 0.3) is 0 Å². The molecule has 4 nitrogen and oxygen atoms in total. The SMILES string of the molecule is C=C(CCCS(N)(=O)=O)OC. The molecular formula is C6H13NO3S. The van der Waals surface area contributed by atoms with Gasteiger partial charge in [0.1, 0.15) is 0 Å². The number of methoxy groups -OCH3 is 1. The maximum absolute atomic E-state index is 10.4. The van der Waals surface area contributed by atoms with E-state index in [2.05, 4.69) is 6.58 Å². The van der Waals surface area contributed by atoms with E-state index in [1.165, 1.54) is 7.11 Å². The third-order valence-electron chi connectivity index (χ3n) is 1.17. The van der Waals surface area contributed by atoms with Crippen LogP contribution in [0.5, 0.6) is 0 Å². The molecular weight excluding hydrogens is 166 g/mol. The molecule has 11 heavy (non-hydrogen) atoms. The Labute approximate surface area is 67.1 Å². The summed E-state index contributed by atoms with van der Waals surface area (Å²) in [7, 11) is -1.83. The van der Waals surface area contributed by atoms with E-state index in [0.717, 1.165) is 0 Å². The van der Waals surface area contributed by atoms with Gasteiger partial charge in [0.15, 0.2) is 0 Å². The lowest BCUT2D eigenvalue weighted by Crippen LogP contribution is -2.16. The molecule has 0 unspecified atom stereocenters. The zero-order chi connectivity index (χ0) is 8.91. The van der Waals surface area contributed by atoms with Crippen LogP contribution < -0.4 is 5.14 Å². The average Bonchev–Trinajstić information content (AvgIpc) is 1.85. The number of primary sulfonamides is 1. The second-order valence-corrected chi connectivity index (χ2v) is 3.95. The second kappa shape index (κ2) is 4.35. The van der Waals surface area contributed by atoms with Crippen LogP contribution in [0.25, 0.3) is 0 Å². The molecule has 0 saturated heterocycles. The van der Waals surface area contributed by atoms with Crippen molar-refractivity contribution in [2.75, 3.05) is 12.9 Å². The van der Waals surface area contributed by atoms with E-state index < -0.39 is 10.0 Å². The molecule has 2 N–H and O–H groups in total. The highest BCUT2D eigenvalue weighted by Gasteiger charge is 2.02. The van der Waals surface area contributed by atoms with Gasteiger partial charge in [-0.3, -0.25) is 0 Å². The smallest absolute Gasteiger partial charge is 0.209 e. The summed E-state index contributed by atoms with van der Waals surface area (Å²) in [5, 5.41) is 4.76. The topological polar surface area (TPSA) is 69.4 Å². The van der Waals surface area contributed by atoms with Crippen LogP contribution in [0.15, 0.2) is 12.3 Å². The Hall–Kier alpha value is -0.550. The fraction of sp³-hybridized carbons (Fsp3) is 0.667. The zero-order valence-corrected chi connectivity index (χ0v) is 7.36. The van der Waals surface area contributed by atoms with E-state index in [9.17, 15) is 8.42 Å². The zero-order valence-electron chi connectivity index (χ0n) is 6.54. The minimum atomic E-state index is -3.32. The number of rotatable bonds is 5. The molecule has 0 aliphatic heterocycles. The summed E-state index contributed by atoms with van der Waals surface area (Å²) in [6, 6.07) is 0. The van der Waals surface area contributed by atoms with E-state index in [0.29, 0.717) is 18.6 Å². The number of sulfonamides is 1. The summed E-state index contributed by atoms with van der Waals surface area (Å²) >= 11 is 0. The minimum absolute atomic E-state index is 0.0185. The van der Waals surface area contributed by atoms with E-state index in [1.54, 1.807) is 0 Å². The van der Waals surface area contributed by atoms with Crippen molar-refractivity contribution < 1.29 is 13.2 Å². The summed E-state index contributed by atoms with van der Waals surface area (Å²) in [6.07, 6.45) is 0.998. The standard InChI is InChI=1S/C6H13NO3S/c1-6(10-2)4-3-5-11(7,8)9/h1,3-5H2,2H3,(H2,7,8,9). The van der Waals surface area contributed by atoms with Crippen molar-refractivity contribution in [3.05, 3.63) is 12.3 Å². The molecule has 0 aromatic rings. The molecule has 0 aliphatic rings. The maximum Gasteiger partial charge on any atom is 0.209 e. The van der Waals surface area contributed by atoms with Gasteiger partial charge < -0.3 is 4.74 Å². The molecule has 0 radical (unpaired) electrons. The first-order chi connectivity index (χ1) is 4.95. The number of allylic oxidation sites excluding steroid dienone is 1. The van der Waals surface area contributed by atoms with Crippen LogP contribution >= 0.6 is 0 Å². The number of hydrogen-bond acceptors (Lipinski definition) is 3. The Morgan fingerprint density at radius 3 is 2.55 bits per heavy atom. The van der Waals surface area contributed by atoms with Crippen molar-refractivity contribution in [2.24, 2.45) is 5.14 Å². The highest BCUT2D eigenvalue weighted by molar-refractivity contribution is 7.89. The van der Waals surface area contributed by atoms with Crippen molar-refractivity contribution in [1.29, 1.82) is 0 Å². The lowest BCUT2D eigenvalue weighted by molar-refractivity contribution is 0.278. The van der Waals surface area contributed by atoms with Gasteiger partial charge >= 0.3 is 0 Å². The molecule has 0 heterocycles. The van der Waals surface area contributed by atoms with Gasteiger partial charge in [-0.1, -0.05) is 6.58 Å². The highest BCUT2D eigenvalue weighted by Crippen LogP contribution is 2.02. The van der Waals surface area contributed by atoms with Crippen LogP contribution in [0.2, 0.25) is 0 Å². The largest absolute Gasteiger partial charge is 0.502 e.